The molecule has 0 saturated carbocycles. The minimum Gasteiger partial charge on any atom is -0.507 e. The Balaban J connectivity index is 1.91. The van der Waals surface area contributed by atoms with Gasteiger partial charge in [-0.1, -0.05) is 38.1 Å². The molecule has 8 heteroatoms. The molecule has 3 aromatic carbocycles. The van der Waals surface area contributed by atoms with Gasteiger partial charge >= 0.3 is 5.97 Å². The summed E-state index contributed by atoms with van der Waals surface area (Å²) in [5.74, 6) is -0.821. The second kappa shape index (κ2) is 11.7. The van der Waals surface area contributed by atoms with Crippen molar-refractivity contribution in [1.82, 2.24) is 0 Å². The fourth-order valence-electron chi connectivity index (χ4n) is 4.94. The summed E-state index contributed by atoms with van der Waals surface area (Å²) in [5.41, 5.74) is 3.77. The van der Waals surface area contributed by atoms with Crippen LogP contribution < -0.4 is 14.4 Å². The van der Waals surface area contributed by atoms with Crippen LogP contribution in [0.15, 0.2) is 66.2 Å². The molecule has 0 aromatic heterocycles. The number of benzene rings is 3. The van der Waals surface area contributed by atoms with Gasteiger partial charge in [0.25, 0.3) is 11.7 Å². The predicted molar refractivity (Wildman–Crippen MR) is 152 cm³/mol. The molecule has 1 saturated heterocycles. The monoisotopic (exact) mass is 543 g/mol. The summed E-state index contributed by atoms with van der Waals surface area (Å²) >= 11 is 0. The summed E-state index contributed by atoms with van der Waals surface area (Å²) in [5, 5.41) is 11.7. The molecule has 0 aliphatic carbocycles. The number of aryl methyl sites for hydroxylation is 1. The highest BCUT2D eigenvalue weighted by atomic mass is 16.5. The van der Waals surface area contributed by atoms with E-state index in [4.69, 9.17) is 14.2 Å². The third-order valence-corrected chi connectivity index (χ3v) is 7.12. The maximum Gasteiger partial charge on any atom is 0.309 e. The number of nitrogens with zero attached hydrogens (tertiary/aromatic N) is 1. The quantitative estimate of drug-likeness (QED) is 0.174. The normalized spacial score (nSPS) is 16.4. The molecule has 0 bridgehead atoms. The fraction of sp³-hybridized carbons (Fsp3) is 0.281. The van der Waals surface area contributed by atoms with Crippen molar-refractivity contribution in [3.63, 3.8) is 0 Å². The van der Waals surface area contributed by atoms with E-state index in [9.17, 15) is 19.5 Å². The van der Waals surface area contributed by atoms with Crippen LogP contribution in [0.1, 0.15) is 53.6 Å². The number of carbonyl (C=O) groups excluding carboxylic acids is 3. The number of ketones is 1. The first-order valence-corrected chi connectivity index (χ1v) is 12.9. The Kier molecular flexibility index (Phi) is 8.28. The van der Waals surface area contributed by atoms with Crippen molar-refractivity contribution in [1.29, 1.82) is 0 Å². The largest absolute Gasteiger partial charge is 0.507 e. The molecule has 1 aliphatic rings. The number of carbonyl (C=O) groups is 3. The number of ether oxygens (including phenoxy) is 3. The summed E-state index contributed by atoms with van der Waals surface area (Å²) in [4.78, 5) is 40.2. The highest BCUT2D eigenvalue weighted by Crippen LogP contribution is 2.43. The van der Waals surface area contributed by atoms with Crippen LogP contribution in [0.5, 0.6) is 11.5 Å². The number of hydrogen-bond acceptors (Lipinski definition) is 7. The van der Waals surface area contributed by atoms with Gasteiger partial charge in [-0.3, -0.25) is 19.3 Å². The molecule has 1 N–H and O–H groups in total. The molecular formula is C32H33NO7. The summed E-state index contributed by atoms with van der Waals surface area (Å²) in [6, 6.07) is 16.5. The van der Waals surface area contributed by atoms with E-state index in [1.54, 1.807) is 62.8 Å². The van der Waals surface area contributed by atoms with Gasteiger partial charge in [0.2, 0.25) is 0 Å². The molecule has 1 atom stereocenters. The first-order chi connectivity index (χ1) is 19.1. The summed E-state index contributed by atoms with van der Waals surface area (Å²) < 4.78 is 15.6. The minimum absolute atomic E-state index is 0.0169. The summed E-state index contributed by atoms with van der Waals surface area (Å²) in [6.07, 6.45) is 0.0758. The molecular weight excluding hydrogens is 510 g/mol. The maximum atomic E-state index is 13.6. The van der Waals surface area contributed by atoms with E-state index in [1.807, 2.05) is 32.9 Å². The number of methoxy groups -OCH3 is 3. The number of Topliss-reactive ketones (excluding diaryl/α,β-unsaturated/α-hetero) is 1. The van der Waals surface area contributed by atoms with Crippen molar-refractivity contribution in [3.05, 3.63) is 94.1 Å². The smallest absolute Gasteiger partial charge is 0.309 e. The predicted octanol–water partition coefficient (Wildman–Crippen LogP) is 5.48. The topological polar surface area (TPSA) is 102 Å². The van der Waals surface area contributed by atoms with Crippen molar-refractivity contribution in [2.75, 3.05) is 26.2 Å². The molecule has 1 unspecified atom stereocenters. The number of anilines is 1. The Bertz CT molecular complexity index is 1470. The molecule has 3 aromatic rings. The maximum absolute atomic E-state index is 13.6. The Morgan fingerprint density at radius 1 is 0.950 bits per heavy atom. The van der Waals surface area contributed by atoms with Gasteiger partial charge in [0.05, 0.1) is 39.4 Å². The van der Waals surface area contributed by atoms with Gasteiger partial charge < -0.3 is 19.3 Å². The molecule has 40 heavy (non-hydrogen) atoms. The lowest BCUT2D eigenvalue weighted by Gasteiger charge is -2.26. The van der Waals surface area contributed by atoms with Crippen LogP contribution >= 0.6 is 0 Å². The zero-order valence-corrected chi connectivity index (χ0v) is 23.5. The van der Waals surface area contributed by atoms with Crippen molar-refractivity contribution in [2.45, 2.75) is 39.2 Å². The SMILES string of the molecule is COC(=O)Cc1ccc(N2C(=O)C(=O)/C(=C(/O)c3cc(C(C)C)c(OC)cc3C)C2c2ccc(OC)cc2)cc1. The molecule has 8 nitrogen and oxygen atoms in total. The van der Waals surface area contributed by atoms with Crippen LogP contribution in [0, 0.1) is 6.92 Å². The zero-order valence-electron chi connectivity index (χ0n) is 23.5. The van der Waals surface area contributed by atoms with Gasteiger partial charge in [-0.05, 0) is 71.5 Å². The van der Waals surface area contributed by atoms with Gasteiger partial charge in [0.1, 0.15) is 17.3 Å². The number of esters is 1. The second-order valence-corrected chi connectivity index (χ2v) is 9.93. The van der Waals surface area contributed by atoms with Crippen LogP contribution in [0.3, 0.4) is 0 Å². The van der Waals surface area contributed by atoms with Gasteiger partial charge in [-0.25, -0.2) is 0 Å². The van der Waals surface area contributed by atoms with Gasteiger partial charge in [-0.15, -0.1) is 0 Å². The number of rotatable bonds is 8. The van der Waals surface area contributed by atoms with E-state index in [-0.39, 0.29) is 29.6 Å². The second-order valence-electron chi connectivity index (χ2n) is 9.93. The summed E-state index contributed by atoms with van der Waals surface area (Å²) in [7, 11) is 4.46. The Morgan fingerprint density at radius 3 is 2.15 bits per heavy atom. The van der Waals surface area contributed by atoms with Crippen molar-refractivity contribution >= 4 is 29.1 Å². The Hall–Kier alpha value is -4.59. The number of hydrogen-bond donors (Lipinski definition) is 1. The van der Waals surface area contributed by atoms with Crippen LogP contribution in [0.2, 0.25) is 0 Å². The van der Waals surface area contributed by atoms with Crippen LogP contribution in [-0.2, 0) is 25.5 Å². The third-order valence-electron chi connectivity index (χ3n) is 7.12. The highest BCUT2D eigenvalue weighted by Gasteiger charge is 2.47. The summed E-state index contributed by atoms with van der Waals surface area (Å²) in [6.45, 7) is 5.84. The molecule has 1 amide bonds. The van der Waals surface area contributed by atoms with E-state index in [0.717, 1.165) is 5.56 Å². The average Bonchev–Trinajstić information content (AvgIpc) is 3.22. The van der Waals surface area contributed by atoms with Gasteiger partial charge in [0, 0.05) is 11.3 Å². The molecule has 1 heterocycles. The lowest BCUT2D eigenvalue weighted by Crippen LogP contribution is -2.29. The van der Waals surface area contributed by atoms with Gasteiger partial charge in [-0.2, -0.15) is 0 Å². The van der Waals surface area contributed by atoms with Crippen LogP contribution in [0.4, 0.5) is 5.69 Å². The van der Waals surface area contributed by atoms with Gasteiger partial charge in [0.15, 0.2) is 0 Å². The van der Waals surface area contributed by atoms with Crippen LogP contribution in [0.25, 0.3) is 5.76 Å². The standard InChI is InChI=1S/C32H33NO7/c1-18(2)24-17-25(19(3)15-26(24)39-5)30(35)28-29(21-9-13-23(38-4)14-10-21)33(32(37)31(28)36)22-11-7-20(8-12-22)16-27(34)40-6/h7-15,17-18,29,35H,16H2,1-6H3/b30-28+. The number of amides is 1. The molecule has 208 valence electrons. The molecule has 1 fully saturated rings. The van der Waals surface area contributed by atoms with E-state index >= 15 is 0 Å². The van der Waals surface area contributed by atoms with E-state index in [0.29, 0.717) is 39.4 Å². The number of aliphatic hydroxyl groups excluding tert-OH is 1. The lowest BCUT2D eigenvalue weighted by atomic mass is 9.91. The highest BCUT2D eigenvalue weighted by molar-refractivity contribution is 6.51. The van der Waals surface area contributed by atoms with Crippen molar-refractivity contribution in [2.24, 2.45) is 0 Å². The van der Waals surface area contributed by atoms with Crippen LogP contribution in [-0.4, -0.2) is 44.1 Å². The lowest BCUT2D eigenvalue weighted by molar-refractivity contribution is -0.139. The molecule has 4 rings (SSSR count). The average molecular weight is 544 g/mol. The molecule has 0 spiro atoms. The first kappa shape index (κ1) is 28.4. The van der Waals surface area contributed by atoms with Crippen molar-refractivity contribution in [3.8, 4) is 11.5 Å². The Labute approximate surface area is 233 Å². The zero-order chi connectivity index (χ0) is 29.1. The van der Waals surface area contributed by atoms with Crippen molar-refractivity contribution < 1.29 is 33.7 Å². The molecule has 1 aliphatic heterocycles. The van der Waals surface area contributed by atoms with E-state index in [2.05, 4.69) is 0 Å². The Morgan fingerprint density at radius 2 is 1.60 bits per heavy atom. The minimum atomic E-state index is -0.902. The van der Waals surface area contributed by atoms with E-state index in [1.165, 1.54) is 12.0 Å². The first-order valence-electron chi connectivity index (χ1n) is 12.9. The third kappa shape index (κ3) is 5.30. The molecule has 0 radical (unpaired) electrons. The fourth-order valence-corrected chi connectivity index (χ4v) is 4.94. The van der Waals surface area contributed by atoms with E-state index < -0.39 is 17.7 Å². The number of aliphatic hydroxyl groups is 1.